The van der Waals surface area contributed by atoms with Gasteiger partial charge in [-0.1, -0.05) is 13.8 Å². The van der Waals surface area contributed by atoms with Crippen molar-refractivity contribution in [3.8, 4) is 0 Å². The van der Waals surface area contributed by atoms with Crippen LogP contribution in [0.1, 0.15) is 58.8 Å². The molecule has 0 bridgehead atoms. The van der Waals surface area contributed by atoms with Crippen LogP contribution in [0.25, 0.3) is 0 Å². The van der Waals surface area contributed by atoms with E-state index >= 15 is 0 Å². The van der Waals surface area contributed by atoms with Crippen molar-refractivity contribution in [1.29, 1.82) is 0 Å². The lowest BCUT2D eigenvalue weighted by atomic mass is 9.74. The van der Waals surface area contributed by atoms with E-state index in [1.165, 1.54) is 6.42 Å². The molecule has 0 spiro atoms. The van der Waals surface area contributed by atoms with Gasteiger partial charge in [0.25, 0.3) is 0 Å². The molecule has 2 saturated carbocycles. The summed E-state index contributed by atoms with van der Waals surface area (Å²) in [5, 5.41) is 14.9. The molecule has 0 heterocycles. The van der Waals surface area contributed by atoms with Gasteiger partial charge in [0.05, 0.1) is 12.0 Å². The minimum absolute atomic E-state index is 0.0257. The Labute approximate surface area is 120 Å². The fourth-order valence-electron chi connectivity index (χ4n) is 3.77. The van der Waals surface area contributed by atoms with Crippen molar-refractivity contribution in [3.63, 3.8) is 0 Å². The molecule has 0 saturated heterocycles. The number of rotatable bonds is 4. The van der Waals surface area contributed by atoms with E-state index in [0.29, 0.717) is 11.8 Å². The number of nitrogens with one attached hydrogen (secondary N) is 2. The fraction of sp³-hybridized carbons (Fsp3) is 0.867. The molecule has 0 aromatic rings. The summed E-state index contributed by atoms with van der Waals surface area (Å²) in [5.74, 6) is 0.436. The molecule has 0 aromatic heterocycles. The van der Waals surface area contributed by atoms with E-state index in [0.717, 1.165) is 32.1 Å². The average molecular weight is 282 g/mol. The molecule has 2 rings (SSSR count). The lowest BCUT2D eigenvalue weighted by Gasteiger charge is -2.42. The maximum atomic E-state index is 12.1. The van der Waals surface area contributed by atoms with Crippen LogP contribution in [0.15, 0.2) is 0 Å². The van der Waals surface area contributed by atoms with Crippen molar-refractivity contribution in [2.45, 2.75) is 70.4 Å². The molecular formula is C15H26N2O3. The van der Waals surface area contributed by atoms with E-state index in [1.807, 2.05) is 0 Å². The molecular weight excluding hydrogens is 256 g/mol. The molecule has 2 unspecified atom stereocenters. The number of urea groups is 1. The van der Waals surface area contributed by atoms with Crippen LogP contribution in [0, 0.1) is 11.8 Å². The van der Waals surface area contributed by atoms with Gasteiger partial charge in [-0.05, 0) is 50.4 Å². The highest BCUT2D eigenvalue weighted by molar-refractivity contribution is 5.77. The highest BCUT2D eigenvalue weighted by Gasteiger charge is 2.40. The molecule has 2 aliphatic carbocycles. The van der Waals surface area contributed by atoms with Crippen molar-refractivity contribution in [2.75, 3.05) is 0 Å². The van der Waals surface area contributed by atoms with Crippen LogP contribution in [0.3, 0.4) is 0 Å². The third-order valence-electron chi connectivity index (χ3n) is 4.69. The van der Waals surface area contributed by atoms with Gasteiger partial charge < -0.3 is 15.7 Å². The van der Waals surface area contributed by atoms with Crippen molar-refractivity contribution in [2.24, 2.45) is 11.8 Å². The maximum absolute atomic E-state index is 12.1. The van der Waals surface area contributed by atoms with Crippen LogP contribution in [0.2, 0.25) is 0 Å². The van der Waals surface area contributed by atoms with Gasteiger partial charge in [0.15, 0.2) is 0 Å². The number of carboxylic acid groups (broad SMARTS) is 1. The van der Waals surface area contributed by atoms with E-state index < -0.39 is 11.5 Å². The zero-order chi connectivity index (χ0) is 14.8. The van der Waals surface area contributed by atoms with E-state index in [9.17, 15) is 9.59 Å². The summed E-state index contributed by atoms with van der Waals surface area (Å²) in [5.41, 5.74) is -0.512. The Morgan fingerprint density at radius 2 is 1.75 bits per heavy atom. The molecule has 114 valence electrons. The summed E-state index contributed by atoms with van der Waals surface area (Å²) >= 11 is 0. The van der Waals surface area contributed by atoms with Gasteiger partial charge in [-0.25, -0.2) is 4.79 Å². The lowest BCUT2D eigenvalue weighted by molar-refractivity contribution is -0.139. The Bertz CT molecular complexity index is 369. The molecule has 0 aromatic carbocycles. The number of hydrogen-bond donors (Lipinski definition) is 3. The first kappa shape index (κ1) is 15.1. The number of hydrogen-bond acceptors (Lipinski definition) is 2. The number of aliphatic carboxylic acids is 1. The van der Waals surface area contributed by atoms with Gasteiger partial charge in [0.2, 0.25) is 0 Å². The second-order valence-corrected chi connectivity index (χ2v) is 6.92. The van der Waals surface area contributed by atoms with Gasteiger partial charge in [0, 0.05) is 6.04 Å². The molecule has 20 heavy (non-hydrogen) atoms. The number of carbonyl (C=O) groups is 2. The summed E-state index contributed by atoms with van der Waals surface area (Å²) < 4.78 is 0. The Hall–Kier alpha value is -1.26. The minimum atomic E-state index is -0.843. The Balaban J connectivity index is 1.84. The van der Waals surface area contributed by atoms with E-state index in [4.69, 9.17) is 5.11 Å². The molecule has 2 aliphatic rings. The van der Waals surface area contributed by atoms with Crippen LogP contribution in [-0.2, 0) is 4.79 Å². The molecule has 5 nitrogen and oxygen atoms in total. The van der Waals surface area contributed by atoms with Gasteiger partial charge in [-0.2, -0.15) is 0 Å². The first-order valence-corrected chi connectivity index (χ1v) is 7.69. The SMILES string of the molecule is CC1CC(C)CC(NC(=O)NC2(CC(=O)O)CCC2)C1. The zero-order valence-electron chi connectivity index (χ0n) is 12.4. The maximum Gasteiger partial charge on any atom is 0.315 e. The summed E-state index contributed by atoms with van der Waals surface area (Å²) in [6, 6.07) is 0.0213. The van der Waals surface area contributed by atoms with E-state index in [1.54, 1.807) is 0 Å². The number of amides is 2. The Morgan fingerprint density at radius 1 is 1.15 bits per heavy atom. The average Bonchev–Trinajstić information content (AvgIpc) is 2.23. The first-order chi connectivity index (χ1) is 9.38. The predicted molar refractivity (Wildman–Crippen MR) is 76.5 cm³/mol. The lowest BCUT2D eigenvalue weighted by Crippen LogP contribution is -2.58. The van der Waals surface area contributed by atoms with Crippen LogP contribution in [0.5, 0.6) is 0 Å². The third-order valence-corrected chi connectivity index (χ3v) is 4.69. The Kier molecular flexibility index (Phi) is 4.55. The standard InChI is InChI=1S/C15H26N2O3/c1-10-6-11(2)8-12(7-10)16-14(20)17-15(4-3-5-15)9-13(18)19/h10-12H,3-9H2,1-2H3,(H,18,19)(H2,16,17,20). The molecule has 0 aliphatic heterocycles. The summed E-state index contributed by atoms with van der Waals surface area (Å²) in [6.45, 7) is 4.44. The van der Waals surface area contributed by atoms with Crippen molar-refractivity contribution in [1.82, 2.24) is 10.6 Å². The molecule has 2 amide bonds. The quantitative estimate of drug-likeness (QED) is 0.741. The number of carboxylic acids is 1. The van der Waals surface area contributed by atoms with Crippen molar-refractivity contribution < 1.29 is 14.7 Å². The fourth-order valence-corrected chi connectivity index (χ4v) is 3.77. The summed E-state index contributed by atoms with van der Waals surface area (Å²) in [7, 11) is 0. The molecule has 2 fully saturated rings. The highest BCUT2D eigenvalue weighted by Crippen LogP contribution is 2.35. The number of carbonyl (C=O) groups excluding carboxylic acids is 1. The van der Waals surface area contributed by atoms with Gasteiger partial charge >= 0.3 is 12.0 Å². The largest absolute Gasteiger partial charge is 0.481 e. The van der Waals surface area contributed by atoms with Gasteiger partial charge in [-0.15, -0.1) is 0 Å². The monoisotopic (exact) mass is 282 g/mol. The molecule has 3 N–H and O–H groups in total. The van der Waals surface area contributed by atoms with Crippen LogP contribution in [-0.4, -0.2) is 28.7 Å². The van der Waals surface area contributed by atoms with Crippen LogP contribution < -0.4 is 10.6 Å². The normalized spacial score (nSPS) is 32.0. The highest BCUT2D eigenvalue weighted by atomic mass is 16.4. The minimum Gasteiger partial charge on any atom is -0.481 e. The molecule has 0 radical (unpaired) electrons. The zero-order valence-corrected chi connectivity index (χ0v) is 12.4. The third kappa shape index (κ3) is 3.87. The van der Waals surface area contributed by atoms with Gasteiger partial charge in [0.1, 0.15) is 0 Å². The molecule has 5 heteroatoms. The first-order valence-electron chi connectivity index (χ1n) is 7.69. The predicted octanol–water partition coefficient (Wildman–Crippen LogP) is 2.51. The Morgan fingerprint density at radius 3 is 2.20 bits per heavy atom. The van der Waals surface area contributed by atoms with Crippen molar-refractivity contribution >= 4 is 12.0 Å². The summed E-state index contributed by atoms with van der Waals surface area (Å²) in [4.78, 5) is 23.0. The second-order valence-electron chi connectivity index (χ2n) is 6.92. The van der Waals surface area contributed by atoms with E-state index in [2.05, 4.69) is 24.5 Å². The van der Waals surface area contributed by atoms with E-state index in [-0.39, 0.29) is 18.5 Å². The smallest absolute Gasteiger partial charge is 0.315 e. The van der Waals surface area contributed by atoms with Gasteiger partial charge in [-0.3, -0.25) is 4.79 Å². The van der Waals surface area contributed by atoms with Crippen LogP contribution in [0.4, 0.5) is 4.79 Å². The van der Waals surface area contributed by atoms with Crippen molar-refractivity contribution in [3.05, 3.63) is 0 Å². The second kappa shape index (κ2) is 6.02. The van der Waals surface area contributed by atoms with Crippen LogP contribution >= 0.6 is 0 Å². The molecule has 2 atom stereocenters. The topological polar surface area (TPSA) is 78.4 Å². The summed E-state index contributed by atoms with van der Waals surface area (Å²) in [6.07, 6.45) is 5.81.